The van der Waals surface area contributed by atoms with Crippen LogP contribution >= 0.6 is 0 Å². The molecular weight excluding hydrogens is 664 g/mol. The summed E-state index contributed by atoms with van der Waals surface area (Å²) < 4.78 is 25.0. The van der Waals surface area contributed by atoms with Crippen molar-refractivity contribution in [1.29, 1.82) is 0 Å². The number of anilines is 1. The van der Waals surface area contributed by atoms with E-state index < -0.39 is 52.5 Å². The average molecular weight is 711 g/mol. The zero-order valence-electron chi connectivity index (χ0n) is 30.6. The Morgan fingerprint density at radius 3 is 2.56 bits per heavy atom. The number of nitrogens with zero attached hydrogens (tertiary/aromatic N) is 1. The second-order valence-electron chi connectivity index (χ2n) is 15.2. The van der Waals surface area contributed by atoms with E-state index in [0.29, 0.717) is 29.3 Å². The lowest BCUT2D eigenvalue weighted by atomic mass is 9.71. The highest BCUT2D eigenvalue weighted by Gasteiger charge is 2.61. The second kappa shape index (κ2) is 12.8. The molecule has 5 atom stereocenters. The van der Waals surface area contributed by atoms with Gasteiger partial charge in [-0.1, -0.05) is 71.9 Å². The van der Waals surface area contributed by atoms with Crippen molar-refractivity contribution in [3.8, 4) is 5.75 Å². The van der Waals surface area contributed by atoms with Crippen molar-refractivity contribution in [2.24, 2.45) is 11.3 Å². The second-order valence-corrected chi connectivity index (χ2v) is 15.2. The number of esters is 1. The van der Waals surface area contributed by atoms with Gasteiger partial charge in [0.05, 0.1) is 18.7 Å². The smallest absolute Gasteiger partial charge is 0.360 e. The lowest BCUT2D eigenvalue weighted by Crippen LogP contribution is -2.58. The van der Waals surface area contributed by atoms with E-state index in [9.17, 15) is 19.5 Å². The van der Waals surface area contributed by atoms with Gasteiger partial charge in [-0.15, -0.1) is 0 Å². The molecule has 0 radical (unpaired) electrons. The minimum Gasteiger partial charge on any atom is -0.469 e. The van der Waals surface area contributed by atoms with Crippen molar-refractivity contribution in [2.45, 2.75) is 96.6 Å². The maximum atomic E-state index is 14.4. The Morgan fingerprint density at radius 1 is 1.10 bits per heavy atom. The zero-order valence-corrected chi connectivity index (χ0v) is 30.6. The molecular formula is C40H46N4O8. The average Bonchev–Trinajstić information content (AvgIpc) is 3.78. The molecule has 0 fully saturated rings. The van der Waals surface area contributed by atoms with Crippen molar-refractivity contribution in [3.63, 3.8) is 0 Å². The maximum absolute atomic E-state index is 14.4. The molecule has 12 heteroatoms. The number of ether oxygens (including phenoxy) is 3. The number of fused-ring (bicyclic) bond motifs is 4. The van der Waals surface area contributed by atoms with Crippen LogP contribution in [0.3, 0.4) is 0 Å². The molecule has 1 aromatic heterocycles. The van der Waals surface area contributed by atoms with Gasteiger partial charge in [-0.3, -0.25) is 9.59 Å². The molecule has 5 heterocycles. The standard InChI is InChI=1S/C40H46N4O8/c1-8-39(48,9-2)36(47)42-26-19-22-15-17-28-24(18-22)40(23-12-10-11-13-25(23)43-37(40)52-28)32-30(34-41-27(20-50-34)35(46)49-7)21(3)14-16-29(51-32)31(38(4,5)6)44-33(26)45/h10-13,15-18,20-21,26,31,37,43,48H,8-9,14,19H2,1-7H3,(H,42,47)(H,44,45). The highest BCUT2D eigenvalue weighted by atomic mass is 16.5. The topological polar surface area (TPSA) is 161 Å². The fourth-order valence-electron chi connectivity index (χ4n) is 7.84. The Hall–Kier alpha value is -5.10. The van der Waals surface area contributed by atoms with Gasteiger partial charge in [-0.2, -0.15) is 0 Å². The molecule has 7 rings (SSSR count). The number of para-hydroxylation sites is 1. The number of nitrogens with one attached hydrogen (secondary N) is 3. The van der Waals surface area contributed by atoms with Crippen LogP contribution in [-0.4, -0.2) is 58.9 Å². The van der Waals surface area contributed by atoms with Crippen molar-refractivity contribution in [2.75, 3.05) is 12.4 Å². The van der Waals surface area contributed by atoms with E-state index in [0.717, 1.165) is 22.4 Å². The summed E-state index contributed by atoms with van der Waals surface area (Å²) in [5.41, 5.74) is 0.732. The molecule has 274 valence electrons. The minimum absolute atomic E-state index is 0.0266. The first kappa shape index (κ1) is 35.3. The van der Waals surface area contributed by atoms with Crippen molar-refractivity contribution < 1.29 is 38.1 Å². The Labute approximate surface area is 303 Å². The molecule has 0 saturated heterocycles. The van der Waals surface area contributed by atoms with E-state index in [1.165, 1.54) is 13.4 Å². The molecule has 12 nitrogen and oxygen atoms in total. The number of methoxy groups -OCH3 is 1. The number of allylic oxidation sites excluding steroid dienone is 2. The van der Waals surface area contributed by atoms with Gasteiger partial charge >= 0.3 is 5.97 Å². The first-order chi connectivity index (χ1) is 24.7. The number of benzene rings is 2. The third-order valence-electron chi connectivity index (χ3n) is 11.0. The number of carbonyl (C=O) groups is 3. The van der Waals surface area contributed by atoms with Crippen LogP contribution in [0.25, 0.3) is 5.57 Å². The molecule has 0 aliphatic carbocycles. The van der Waals surface area contributed by atoms with Crippen LogP contribution in [0.5, 0.6) is 5.75 Å². The molecule has 0 saturated carbocycles. The van der Waals surface area contributed by atoms with Gasteiger partial charge in [0, 0.05) is 17.7 Å². The molecule has 4 aliphatic rings. The van der Waals surface area contributed by atoms with Gasteiger partial charge in [-0.25, -0.2) is 9.78 Å². The summed E-state index contributed by atoms with van der Waals surface area (Å²) in [6.45, 7) is 11.6. The highest BCUT2D eigenvalue weighted by Crippen LogP contribution is 2.60. The Morgan fingerprint density at radius 2 is 1.85 bits per heavy atom. The van der Waals surface area contributed by atoms with Crippen molar-refractivity contribution in [3.05, 3.63) is 94.6 Å². The van der Waals surface area contributed by atoms with Crippen LogP contribution in [0.1, 0.15) is 93.9 Å². The predicted octanol–water partition coefficient (Wildman–Crippen LogP) is 5.37. The zero-order chi connectivity index (χ0) is 37.2. The number of aromatic nitrogens is 1. The van der Waals surface area contributed by atoms with Gasteiger partial charge in [0.2, 0.25) is 11.8 Å². The van der Waals surface area contributed by atoms with E-state index in [1.807, 2.05) is 76.2 Å². The molecule has 3 aromatic rings. The SMILES string of the molecule is CCC(O)(CC)C(=O)NC1Cc2ccc3c(c2)C2(C4=C(c5nc(C(=O)OC)co5)C(C)CC=C(O4)C(C(C)(C)C)NC1=O)c1ccccc1NC2O3. The van der Waals surface area contributed by atoms with Crippen LogP contribution < -0.4 is 20.7 Å². The molecule has 4 bridgehead atoms. The van der Waals surface area contributed by atoms with Gasteiger partial charge in [0.15, 0.2) is 11.9 Å². The van der Waals surface area contributed by atoms with Crippen molar-refractivity contribution in [1.82, 2.24) is 15.6 Å². The fraction of sp³-hybridized carbons (Fsp3) is 0.450. The number of hydrogen-bond acceptors (Lipinski definition) is 10. The monoisotopic (exact) mass is 710 g/mol. The summed E-state index contributed by atoms with van der Waals surface area (Å²) in [6.07, 6.45) is 3.64. The van der Waals surface area contributed by atoms with E-state index in [-0.39, 0.29) is 36.8 Å². The van der Waals surface area contributed by atoms with E-state index in [1.54, 1.807) is 13.8 Å². The lowest BCUT2D eigenvalue weighted by Gasteiger charge is -2.38. The molecule has 1 spiro atoms. The van der Waals surface area contributed by atoms with Crippen LogP contribution in [0.4, 0.5) is 5.69 Å². The number of aliphatic hydroxyl groups is 1. The van der Waals surface area contributed by atoms with Crippen molar-refractivity contribution >= 4 is 29.0 Å². The lowest BCUT2D eigenvalue weighted by molar-refractivity contribution is -0.143. The maximum Gasteiger partial charge on any atom is 0.360 e. The van der Waals surface area contributed by atoms with Crippen LogP contribution in [0.15, 0.2) is 70.7 Å². The first-order valence-corrected chi connectivity index (χ1v) is 17.9. The number of rotatable bonds is 6. The van der Waals surface area contributed by atoms with Gasteiger partial charge in [-0.05, 0) is 59.9 Å². The summed E-state index contributed by atoms with van der Waals surface area (Å²) >= 11 is 0. The summed E-state index contributed by atoms with van der Waals surface area (Å²) in [4.78, 5) is 45.1. The van der Waals surface area contributed by atoms with Crippen LogP contribution in [0, 0.1) is 11.3 Å². The molecule has 2 aromatic carbocycles. The number of carbonyl (C=O) groups excluding carboxylic acids is 3. The first-order valence-electron chi connectivity index (χ1n) is 17.9. The fourth-order valence-corrected chi connectivity index (χ4v) is 7.84. The van der Waals surface area contributed by atoms with E-state index in [2.05, 4.69) is 20.9 Å². The summed E-state index contributed by atoms with van der Waals surface area (Å²) in [6, 6.07) is 12.1. The Kier molecular flexibility index (Phi) is 8.72. The van der Waals surface area contributed by atoms with E-state index in [4.69, 9.17) is 18.6 Å². The van der Waals surface area contributed by atoms with Gasteiger partial charge in [0.25, 0.3) is 5.91 Å². The minimum atomic E-state index is -1.62. The third-order valence-corrected chi connectivity index (χ3v) is 11.0. The Balaban J connectivity index is 1.51. The largest absolute Gasteiger partial charge is 0.469 e. The molecule has 4 N–H and O–H groups in total. The summed E-state index contributed by atoms with van der Waals surface area (Å²) in [5, 5.41) is 20.8. The van der Waals surface area contributed by atoms with Gasteiger partial charge < -0.3 is 39.7 Å². The molecule has 2 amide bonds. The number of amides is 2. The third kappa shape index (κ3) is 5.55. The molecule has 4 aliphatic heterocycles. The van der Waals surface area contributed by atoms with Gasteiger partial charge in [0.1, 0.15) is 40.6 Å². The normalized spacial score (nSPS) is 25.1. The quantitative estimate of drug-likeness (QED) is 0.245. The number of oxazole rings is 1. The molecule has 52 heavy (non-hydrogen) atoms. The van der Waals surface area contributed by atoms with Crippen LogP contribution in [-0.2, 0) is 30.9 Å². The highest BCUT2D eigenvalue weighted by molar-refractivity contribution is 5.92. The van der Waals surface area contributed by atoms with E-state index >= 15 is 0 Å². The Bertz CT molecular complexity index is 2000. The number of hydrogen-bond donors (Lipinski definition) is 4. The predicted molar refractivity (Wildman–Crippen MR) is 192 cm³/mol. The summed E-state index contributed by atoms with van der Waals surface area (Å²) in [5.74, 6) is -0.0318. The van der Waals surface area contributed by atoms with Crippen LogP contribution in [0.2, 0.25) is 0 Å². The summed E-state index contributed by atoms with van der Waals surface area (Å²) in [7, 11) is 1.29. The molecule has 5 unspecified atom stereocenters.